The summed E-state index contributed by atoms with van der Waals surface area (Å²) in [6.45, 7) is 7.06. The van der Waals surface area contributed by atoms with Crippen LogP contribution in [0.5, 0.6) is 0 Å². The van der Waals surface area contributed by atoms with E-state index in [9.17, 15) is 14.4 Å². The third-order valence-electron chi connectivity index (χ3n) is 7.89. The van der Waals surface area contributed by atoms with Crippen LogP contribution in [0.3, 0.4) is 0 Å². The number of H-pyrrole nitrogens is 1. The topological polar surface area (TPSA) is 94.7 Å². The van der Waals surface area contributed by atoms with Crippen LogP contribution in [0.1, 0.15) is 59.1 Å². The predicted octanol–water partition coefficient (Wildman–Crippen LogP) is 5.50. The van der Waals surface area contributed by atoms with E-state index in [-0.39, 0.29) is 23.9 Å². The number of ether oxygens (including phenoxy) is 1. The van der Waals surface area contributed by atoms with E-state index in [4.69, 9.17) is 4.74 Å². The van der Waals surface area contributed by atoms with Gasteiger partial charge in [0.2, 0.25) is 0 Å². The van der Waals surface area contributed by atoms with E-state index in [0.717, 1.165) is 39.7 Å². The van der Waals surface area contributed by atoms with E-state index in [1.807, 2.05) is 63.2 Å². The third-order valence-corrected chi connectivity index (χ3v) is 7.89. The molecule has 1 saturated heterocycles. The Hall–Kier alpha value is -4.43. The highest BCUT2D eigenvalue weighted by atomic mass is 16.5. The molecule has 210 valence electrons. The number of aryl methyl sites for hydroxylation is 1. The fraction of sp³-hybridized carbons (Fsp3) is 0.303. The molecule has 0 radical (unpaired) electrons. The van der Waals surface area contributed by atoms with Crippen molar-refractivity contribution in [2.75, 3.05) is 18.1 Å². The van der Waals surface area contributed by atoms with Gasteiger partial charge < -0.3 is 15.0 Å². The number of anilines is 1. The number of hydrogen-bond donors (Lipinski definition) is 2. The Morgan fingerprint density at radius 3 is 2.49 bits per heavy atom. The highest BCUT2D eigenvalue weighted by Crippen LogP contribution is 2.44. The lowest BCUT2D eigenvalue weighted by atomic mass is 9.88. The minimum absolute atomic E-state index is 0.158. The van der Waals surface area contributed by atoms with E-state index in [1.54, 1.807) is 29.2 Å². The predicted molar refractivity (Wildman–Crippen MR) is 158 cm³/mol. The van der Waals surface area contributed by atoms with Gasteiger partial charge in [0.05, 0.1) is 11.8 Å². The smallest absolute Gasteiger partial charge is 0.332 e. The van der Waals surface area contributed by atoms with Crippen LogP contribution in [0.15, 0.2) is 72.8 Å². The van der Waals surface area contributed by atoms with Gasteiger partial charge in [-0.2, -0.15) is 0 Å². The van der Waals surface area contributed by atoms with E-state index in [1.165, 1.54) is 4.90 Å². The zero-order valence-electron chi connectivity index (χ0n) is 23.5. The molecule has 1 aromatic heterocycles. The van der Waals surface area contributed by atoms with Crippen molar-refractivity contribution in [3.05, 3.63) is 101 Å². The lowest BCUT2D eigenvalue weighted by Gasteiger charge is -2.36. The maximum atomic E-state index is 14.0. The number of amides is 4. The van der Waals surface area contributed by atoms with E-state index >= 15 is 0 Å². The summed E-state index contributed by atoms with van der Waals surface area (Å²) in [5.74, 6) is -0.465. The van der Waals surface area contributed by atoms with Crippen LogP contribution < -0.4 is 10.2 Å². The Morgan fingerprint density at radius 2 is 1.76 bits per heavy atom. The summed E-state index contributed by atoms with van der Waals surface area (Å²) in [5.41, 5.74) is 6.00. The number of urea groups is 1. The maximum absolute atomic E-state index is 14.0. The van der Waals surface area contributed by atoms with Crippen molar-refractivity contribution in [2.24, 2.45) is 0 Å². The number of fused-ring (bicyclic) bond motifs is 4. The summed E-state index contributed by atoms with van der Waals surface area (Å²) >= 11 is 0. The second kappa shape index (κ2) is 10.9. The van der Waals surface area contributed by atoms with Gasteiger partial charge in [0.25, 0.3) is 11.8 Å². The zero-order valence-corrected chi connectivity index (χ0v) is 23.5. The van der Waals surface area contributed by atoms with Crippen molar-refractivity contribution >= 4 is 34.4 Å². The second-order valence-corrected chi connectivity index (χ2v) is 11.0. The van der Waals surface area contributed by atoms with Crippen molar-refractivity contribution < 1.29 is 19.1 Å². The SMILES string of the molecule is Cc1ccc([C@H]2c3[nH]c4ccccc4c3C[C@H]3C(=O)N(c4ccc(C(=O)NCCCOC(C)C)cc4)C(=O)N23)cc1. The first kappa shape index (κ1) is 26.8. The van der Waals surface area contributed by atoms with Crippen LogP contribution in [0.2, 0.25) is 0 Å². The average Bonchev–Trinajstić information content (AvgIpc) is 3.46. The lowest BCUT2D eigenvalue weighted by molar-refractivity contribution is -0.120. The summed E-state index contributed by atoms with van der Waals surface area (Å²) in [4.78, 5) is 47.1. The van der Waals surface area contributed by atoms with E-state index in [0.29, 0.717) is 30.8 Å². The van der Waals surface area contributed by atoms with Crippen LogP contribution in [0.4, 0.5) is 10.5 Å². The normalized spacial score (nSPS) is 18.2. The summed E-state index contributed by atoms with van der Waals surface area (Å²) in [5, 5.41) is 3.96. The highest BCUT2D eigenvalue weighted by molar-refractivity contribution is 6.22. The molecule has 1 fully saturated rings. The van der Waals surface area contributed by atoms with Crippen molar-refractivity contribution in [1.82, 2.24) is 15.2 Å². The quantitative estimate of drug-likeness (QED) is 0.224. The van der Waals surface area contributed by atoms with Crippen LogP contribution in [0, 0.1) is 6.92 Å². The fourth-order valence-corrected chi connectivity index (χ4v) is 5.86. The number of imide groups is 1. The molecule has 6 rings (SSSR count). The molecule has 0 bridgehead atoms. The summed E-state index contributed by atoms with van der Waals surface area (Å²) in [6.07, 6.45) is 1.31. The Kier molecular flexibility index (Phi) is 7.09. The lowest BCUT2D eigenvalue weighted by Crippen LogP contribution is -2.44. The number of nitrogens with zero attached hydrogens (tertiary/aromatic N) is 2. The van der Waals surface area contributed by atoms with Crippen molar-refractivity contribution in [1.29, 1.82) is 0 Å². The van der Waals surface area contributed by atoms with E-state index < -0.39 is 12.1 Å². The molecule has 8 heteroatoms. The van der Waals surface area contributed by atoms with Gasteiger partial charge in [-0.25, -0.2) is 9.69 Å². The number of nitrogens with one attached hydrogen (secondary N) is 2. The molecule has 2 atom stereocenters. The molecule has 0 unspecified atom stereocenters. The van der Waals surface area contributed by atoms with Gasteiger partial charge >= 0.3 is 6.03 Å². The molecule has 2 N–H and O–H groups in total. The third kappa shape index (κ3) is 4.89. The summed E-state index contributed by atoms with van der Waals surface area (Å²) in [6, 6.07) is 21.4. The van der Waals surface area contributed by atoms with Gasteiger partial charge in [-0.1, -0.05) is 48.0 Å². The molecule has 0 spiro atoms. The number of aromatic amines is 1. The summed E-state index contributed by atoms with van der Waals surface area (Å²) < 4.78 is 5.51. The maximum Gasteiger partial charge on any atom is 0.332 e. The first-order valence-electron chi connectivity index (χ1n) is 14.2. The van der Waals surface area contributed by atoms with Gasteiger partial charge in [-0.15, -0.1) is 0 Å². The Balaban J connectivity index is 1.27. The van der Waals surface area contributed by atoms with Crippen LogP contribution in [-0.4, -0.2) is 53.0 Å². The molecule has 0 saturated carbocycles. The molecule has 3 aromatic carbocycles. The molecular weight excluding hydrogens is 516 g/mol. The average molecular weight is 551 g/mol. The Morgan fingerprint density at radius 1 is 1.02 bits per heavy atom. The van der Waals surface area contributed by atoms with Crippen molar-refractivity contribution in [3.8, 4) is 0 Å². The van der Waals surface area contributed by atoms with Crippen LogP contribution >= 0.6 is 0 Å². The zero-order chi connectivity index (χ0) is 28.7. The van der Waals surface area contributed by atoms with Crippen molar-refractivity contribution in [3.63, 3.8) is 0 Å². The number of aromatic nitrogens is 1. The molecule has 4 amide bonds. The monoisotopic (exact) mass is 550 g/mol. The minimum Gasteiger partial charge on any atom is -0.379 e. The first-order chi connectivity index (χ1) is 19.8. The summed E-state index contributed by atoms with van der Waals surface area (Å²) in [7, 11) is 0. The van der Waals surface area contributed by atoms with Crippen molar-refractivity contribution in [2.45, 2.75) is 51.8 Å². The molecule has 8 nitrogen and oxygen atoms in total. The molecule has 41 heavy (non-hydrogen) atoms. The Bertz CT molecular complexity index is 1610. The van der Waals surface area contributed by atoms with Gasteiger partial charge in [0, 0.05) is 41.7 Å². The first-order valence-corrected chi connectivity index (χ1v) is 14.2. The molecule has 0 aliphatic carbocycles. The fourth-order valence-electron chi connectivity index (χ4n) is 5.86. The van der Waals surface area contributed by atoms with Gasteiger partial charge in [0.1, 0.15) is 12.1 Å². The molecule has 2 aliphatic heterocycles. The number of rotatable bonds is 8. The van der Waals surface area contributed by atoms with Gasteiger partial charge in [-0.3, -0.25) is 14.5 Å². The second-order valence-electron chi connectivity index (χ2n) is 11.0. The van der Waals surface area contributed by atoms with Crippen LogP contribution in [0.25, 0.3) is 10.9 Å². The van der Waals surface area contributed by atoms with Gasteiger partial charge in [-0.05, 0) is 68.7 Å². The Labute approximate surface area is 239 Å². The van der Waals surface area contributed by atoms with E-state index in [2.05, 4.69) is 16.4 Å². The number of carbonyl (C=O) groups excluding carboxylic acids is 3. The minimum atomic E-state index is -0.628. The van der Waals surface area contributed by atoms with Gasteiger partial charge in [0.15, 0.2) is 0 Å². The number of benzene rings is 3. The largest absolute Gasteiger partial charge is 0.379 e. The molecule has 3 heterocycles. The molecular formula is C33H34N4O4. The highest BCUT2D eigenvalue weighted by Gasteiger charge is 2.53. The standard InChI is InChI=1S/C33H34N4O4/c1-20(2)41-18-6-17-34-31(38)23-13-15-24(16-14-23)36-32(39)28-19-26-25-7-4-5-8-27(25)35-29(26)30(37(28)33(36)40)22-11-9-21(3)10-12-22/h4-5,7-16,20,28,30,35H,6,17-19H2,1-3H3,(H,34,38)/t28-,30-/m0/s1. The number of carbonyl (C=O) groups is 3. The number of hydrogen-bond acceptors (Lipinski definition) is 4. The van der Waals surface area contributed by atoms with Crippen LogP contribution in [-0.2, 0) is 16.0 Å². The number of para-hydroxylation sites is 1. The molecule has 2 aliphatic rings. The molecule has 4 aromatic rings.